The third-order valence-electron chi connectivity index (χ3n) is 3.82. The van der Waals surface area contributed by atoms with Crippen molar-refractivity contribution in [2.24, 2.45) is 5.92 Å². The first-order valence-electron chi connectivity index (χ1n) is 6.20. The van der Waals surface area contributed by atoms with Gasteiger partial charge in [0, 0.05) is 19.1 Å². The maximum atomic E-state index is 9.81. The first kappa shape index (κ1) is 11.4. The molecular formula is C12H23NO2. The minimum atomic E-state index is -0.0599. The zero-order chi connectivity index (χ0) is 10.8. The Balaban J connectivity index is 1.86. The second-order valence-corrected chi connectivity index (χ2v) is 5.21. The predicted octanol–water partition coefficient (Wildman–Crippen LogP) is 1.26. The topological polar surface area (TPSA) is 32.7 Å². The van der Waals surface area contributed by atoms with Crippen LogP contribution in [0.25, 0.3) is 0 Å². The molecule has 2 rings (SSSR count). The van der Waals surface area contributed by atoms with Crippen LogP contribution in [0.2, 0.25) is 0 Å². The lowest BCUT2D eigenvalue weighted by atomic mass is 10.0. The first-order chi connectivity index (χ1) is 7.16. The van der Waals surface area contributed by atoms with Crippen molar-refractivity contribution in [1.82, 2.24) is 4.90 Å². The van der Waals surface area contributed by atoms with Crippen molar-refractivity contribution in [1.29, 1.82) is 0 Å². The van der Waals surface area contributed by atoms with E-state index in [0.717, 1.165) is 26.1 Å². The van der Waals surface area contributed by atoms with Crippen molar-refractivity contribution in [2.75, 3.05) is 19.7 Å². The van der Waals surface area contributed by atoms with E-state index >= 15 is 0 Å². The van der Waals surface area contributed by atoms with Crippen LogP contribution in [0.1, 0.15) is 33.1 Å². The van der Waals surface area contributed by atoms with Gasteiger partial charge in [0.05, 0.1) is 18.8 Å². The van der Waals surface area contributed by atoms with Crippen molar-refractivity contribution in [3.63, 3.8) is 0 Å². The molecule has 0 aromatic heterocycles. The summed E-state index contributed by atoms with van der Waals surface area (Å²) in [7, 11) is 0. The van der Waals surface area contributed by atoms with Crippen LogP contribution in [-0.4, -0.2) is 48.0 Å². The van der Waals surface area contributed by atoms with Crippen LogP contribution >= 0.6 is 0 Å². The van der Waals surface area contributed by atoms with Gasteiger partial charge in [-0.2, -0.15) is 0 Å². The molecule has 0 aromatic rings. The Morgan fingerprint density at radius 3 is 2.80 bits per heavy atom. The maximum Gasteiger partial charge on any atom is 0.0674 e. The summed E-state index contributed by atoms with van der Waals surface area (Å²) >= 11 is 0. The van der Waals surface area contributed by atoms with Gasteiger partial charge >= 0.3 is 0 Å². The van der Waals surface area contributed by atoms with Gasteiger partial charge in [-0.3, -0.25) is 4.90 Å². The van der Waals surface area contributed by atoms with E-state index in [9.17, 15) is 5.11 Å². The zero-order valence-corrected chi connectivity index (χ0v) is 9.85. The second-order valence-electron chi connectivity index (χ2n) is 5.21. The van der Waals surface area contributed by atoms with Crippen LogP contribution in [0.5, 0.6) is 0 Å². The van der Waals surface area contributed by atoms with Crippen molar-refractivity contribution in [3.05, 3.63) is 0 Å². The number of aliphatic hydroxyl groups is 1. The molecule has 1 aliphatic carbocycles. The fourth-order valence-electron chi connectivity index (χ4n) is 2.76. The lowest BCUT2D eigenvalue weighted by molar-refractivity contribution is -0.0591. The molecule has 0 amide bonds. The minimum absolute atomic E-state index is 0.0599. The minimum Gasteiger partial charge on any atom is -0.393 e. The van der Waals surface area contributed by atoms with Crippen LogP contribution in [0, 0.1) is 5.92 Å². The standard InChI is InChI=1S/C12H23NO2/c1-9-8-15-10(2)6-13(9)7-11-4-3-5-12(11)14/h9-12,14H,3-8H2,1-2H3. The fraction of sp³-hybridized carbons (Fsp3) is 1.00. The van der Waals surface area contributed by atoms with Crippen molar-refractivity contribution in [3.8, 4) is 0 Å². The molecule has 15 heavy (non-hydrogen) atoms. The van der Waals surface area contributed by atoms with Gasteiger partial charge in [0.15, 0.2) is 0 Å². The normalized spacial score (nSPS) is 43.4. The van der Waals surface area contributed by atoms with Gasteiger partial charge in [-0.1, -0.05) is 6.42 Å². The smallest absolute Gasteiger partial charge is 0.0674 e. The van der Waals surface area contributed by atoms with E-state index in [-0.39, 0.29) is 6.10 Å². The number of hydrogen-bond donors (Lipinski definition) is 1. The summed E-state index contributed by atoms with van der Waals surface area (Å²) in [5.74, 6) is 0.498. The van der Waals surface area contributed by atoms with Gasteiger partial charge in [-0.05, 0) is 32.6 Å². The summed E-state index contributed by atoms with van der Waals surface area (Å²) in [6, 6.07) is 0.508. The van der Waals surface area contributed by atoms with Crippen LogP contribution in [0.3, 0.4) is 0 Å². The average Bonchev–Trinajstić information content (AvgIpc) is 2.58. The molecule has 4 atom stereocenters. The Labute approximate surface area is 92.4 Å². The number of rotatable bonds is 2. The summed E-state index contributed by atoms with van der Waals surface area (Å²) in [6.45, 7) is 7.25. The quantitative estimate of drug-likeness (QED) is 0.749. The molecule has 1 saturated carbocycles. The highest BCUT2D eigenvalue weighted by atomic mass is 16.5. The summed E-state index contributed by atoms with van der Waals surface area (Å²) < 4.78 is 5.61. The van der Waals surface area contributed by atoms with Gasteiger partial charge in [0.25, 0.3) is 0 Å². The van der Waals surface area contributed by atoms with E-state index in [2.05, 4.69) is 18.7 Å². The molecule has 2 aliphatic rings. The molecule has 3 nitrogen and oxygen atoms in total. The molecule has 2 fully saturated rings. The molecule has 1 saturated heterocycles. The fourth-order valence-corrected chi connectivity index (χ4v) is 2.76. The number of ether oxygens (including phenoxy) is 1. The Morgan fingerprint density at radius 1 is 1.33 bits per heavy atom. The summed E-state index contributed by atoms with van der Waals surface area (Å²) in [4.78, 5) is 2.48. The van der Waals surface area contributed by atoms with Crippen molar-refractivity contribution in [2.45, 2.75) is 51.4 Å². The molecule has 0 radical (unpaired) electrons. The monoisotopic (exact) mass is 213 g/mol. The highest BCUT2D eigenvalue weighted by molar-refractivity contribution is 4.83. The van der Waals surface area contributed by atoms with Gasteiger partial charge in [-0.15, -0.1) is 0 Å². The highest BCUT2D eigenvalue weighted by Crippen LogP contribution is 2.27. The van der Waals surface area contributed by atoms with E-state index in [1.54, 1.807) is 0 Å². The number of nitrogens with zero attached hydrogens (tertiary/aromatic N) is 1. The Morgan fingerprint density at radius 2 is 2.13 bits per heavy atom. The largest absolute Gasteiger partial charge is 0.393 e. The summed E-state index contributed by atoms with van der Waals surface area (Å²) in [6.07, 6.45) is 3.67. The molecule has 1 N–H and O–H groups in total. The second kappa shape index (κ2) is 4.81. The van der Waals surface area contributed by atoms with Crippen LogP contribution < -0.4 is 0 Å². The van der Waals surface area contributed by atoms with Gasteiger partial charge in [0.1, 0.15) is 0 Å². The molecule has 0 spiro atoms. The van der Waals surface area contributed by atoms with Crippen LogP contribution in [-0.2, 0) is 4.74 Å². The third-order valence-corrected chi connectivity index (χ3v) is 3.82. The van der Waals surface area contributed by atoms with Gasteiger partial charge < -0.3 is 9.84 Å². The molecule has 0 aromatic carbocycles. The van der Waals surface area contributed by atoms with Crippen molar-refractivity contribution >= 4 is 0 Å². The van der Waals surface area contributed by atoms with Gasteiger partial charge in [0.2, 0.25) is 0 Å². The van der Waals surface area contributed by atoms with E-state index in [1.807, 2.05) is 0 Å². The van der Waals surface area contributed by atoms with Crippen molar-refractivity contribution < 1.29 is 9.84 Å². The van der Waals surface area contributed by atoms with E-state index in [4.69, 9.17) is 4.74 Å². The molecule has 4 unspecified atom stereocenters. The predicted molar refractivity (Wildman–Crippen MR) is 59.8 cm³/mol. The number of morpholine rings is 1. The number of hydrogen-bond acceptors (Lipinski definition) is 3. The molecule has 1 aliphatic heterocycles. The van der Waals surface area contributed by atoms with E-state index in [0.29, 0.717) is 18.1 Å². The maximum absolute atomic E-state index is 9.81. The molecular weight excluding hydrogens is 190 g/mol. The summed E-state index contributed by atoms with van der Waals surface area (Å²) in [5.41, 5.74) is 0. The Bertz CT molecular complexity index is 210. The Hall–Kier alpha value is -0.120. The zero-order valence-electron chi connectivity index (χ0n) is 9.85. The average molecular weight is 213 g/mol. The van der Waals surface area contributed by atoms with Gasteiger partial charge in [-0.25, -0.2) is 0 Å². The highest BCUT2D eigenvalue weighted by Gasteiger charge is 2.31. The lowest BCUT2D eigenvalue weighted by Gasteiger charge is -2.38. The Kier molecular flexibility index (Phi) is 3.65. The third kappa shape index (κ3) is 2.71. The molecule has 1 heterocycles. The molecule has 0 bridgehead atoms. The van der Waals surface area contributed by atoms with Crippen LogP contribution in [0.4, 0.5) is 0 Å². The molecule has 88 valence electrons. The lowest BCUT2D eigenvalue weighted by Crippen LogP contribution is -2.49. The van der Waals surface area contributed by atoms with E-state index < -0.39 is 0 Å². The van der Waals surface area contributed by atoms with E-state index in [1.165, 1.54) is 12.8 Å². The first-order valence-corrected chi connectivity index (χ1v) is 6.20. The van der Waals surface area contributed by atoms with Crippen LogP contribution in [0.15, 0.2) is 0 Å². The summed E-state index contributed by atoms with van der Waals surface area (Å²) in [5, 5.41) is 9.81. The molecule has 3 heteroatoms. The SMILES string of the molecule is CC1CN(CC2CCCC2O)C(C)CO1. The number of aliphatic hydroxyl groups excluding tert-OH is 1.